The molecule has 0 aromatic carbocycles. The molecule has 13 heavy (non-hydrogen) atoms. The maximum atomic E-state index is 5.21. The van der Waals surface area contributed by atoms with Gasteiger partial charge in [-0.25, -0.2) is 9.97 Å². The molecule has 0 aliphatic heterocycles. The third kappa shape index (κ3) is 1.43. The van der Waals surface area contributed by atoms with E-state index in [0.29, 0.717) is 6.54 Å². The molecule has 0 unspecified atom stereocenters. The number of aromatic nitrogens is 3. The lowest BCUT2D eigenvalue weighted by molar-refractivity contribution is 0.858. The minimum atomic E-state index is 0.505. The summed E-state index contributed by atoms with van der Waals surface area (Å²) in [7, 11) is 0. The molecular formula is C9H6BrN3. The van der Waals surface area contributed by atoms with Crippen LogP contribution >= 0.6 is 15.9 Å². The SMILES string of the molecule is C#CCn1cnc2cc(Br)cnc21. The molecule has 2 rings (SSSR count). The second kappa shape index (κ2) is 3.19. The van der Waals surface area contributed by atoms with Crippen LogP contribution in [0.5, 0.6) is 0 Å². The van der Waals surface area contributed by atoms with Gasteiger partial charge in [-0.1, -0.05) is 5.92 Å². The van der Waals surface area contributed by atoms with Crippen molar-refractivity contribution in [3.8, 4) is 12.3 Å². The van der Waals surface area contributed by atoms with Gasteiger partial charge in [0.2, 0.25) is 0 Å². The Bertz CT molecular complexity index is 481. The van der Waals surface area contributed by atoms with Gasteiger partial charge in [0.1, 0.15) is 5.52 Å². The highest BCUT2D eigenvalue weighted by molar-refractivity contribution is 9.10. The Kier molecular flexibility index (Phi) is 2.03. The van der Waals surface area contributed by atoms with E-state index in [0.717, 1.165) is 15.6 Å². The van der Waals surface area contributed by atoms with Crippen LogP contribution < -0.4 is 0 Å². The van der Waals surface area contributed by atoms with Gasteiger partial charge in [0, 0.05) is 10.7 Å². The summed E-state index contributed by atoms with van der Waals surface area (Å²) >= 11 is 3.33. The maximum absolute atomic E-state index is 5.21. The Hall–Kier alpha value is -1.34. The number of nitrogens with zero attached hydrogens (tertiary/aromatic N) is 3. The summed E-state index contributed by atoms with van der Waals surface area (Å²) in [5.74, 6) is 2.55. The molecule has 3 nitrogen and oxygen atoms in total. The zero-order valence-electron chi connectivity index (χ0n) is 6.74. The number of rotatable bonds is 1. The number of hydrogen-bond donors (Lipinski definition) is 0. The first-order chi connectivity index (χ1) is 6.31. The van der Waals surface area contributed by atoms with Crippen LogP contribution in [0.3, 0.4) is 0 Å². The molecule has 0 aliphatic rings. The Morgan fingerprint density at radius 2 is 2.38 bits per heavy atom. The molecule has 0 atom stereocenters. The van der Waals surface area contributed by atoms with Crippen molar-refractivity contribution in [3.63, 3.8) is 0 Å². The minimum Gasteiger partial charge on any atom is -0.303 e. The van der Waals surface area contributed by atoms with Crippen molar-refractivity contribution < 1.29 is 0 Å². The van der Waals surface area contributed by atoms with Gasteiger partial charge < -0.3 is 4.57 Å². The molecule has 0 amide bonds. The quantitative estimate of drug-likeness (QED) is 0.707. The molecular weight excluding hydrogens is 230 g/mol. The molecule has 0 saturated carbocycles. The van der Waals surface area contributed by atoms with E-state index < -0.39 is 0 Å². The fourth-order valence-corrected chi connectivity index (χ4v) is 1.46. The summed E-state index contributed by atoms with van der Waals surface area (Å²) in [4.78, 5) is 8.39. The van der Waals surface area contributed by atoms with E-state index in [2.05, 4.69) is 31.8 Å². The molecule has 64 valence electrons. The fraction of sp³-hybridized carbons (Fsp3) is 0.111. The predicted octanol–water partition coefficient (Wildman–Crippen LogP) is 1.83. The van der Waals surface area contributed by atoms with Crippen molar-refractivity contribution in [3.05, 3.63) is 23.1 Å². The number of imidazole rings is 1. The highest BCUT2D eigenvalue weighted by Crippen LogP contribution is 2.15. The summed E-state index contributed by atoms with van der Waals surface area (Å²) in [6, 6.07) is 1.91. The average Bonchev–Trinajstić information content (AvgIpc) is 2.49. The van der Waals surface area contributed by atoms with Crippen LogP contribution in [0.2, 0.25) is 0 Å². The maximum Gasteiger partial charge on any atom is 0.160 e. The number of terminal acetylenes is 1. The lowest BCUT2D eigenvalue weighted by atomic mass is 10.4. The van der Waals surface area contributed by atoms with Crippen molar-refractivity contribution in [1.82, 2.24) is 14.5 Å². The lowest BCUT2D eigenvalue weighted by Crippen LogP contribution is -1.94. The first-order valence-electron chi connectivity index (χ1n) is 3.71. The Labute approximate surface area is 83.9 Å². The third-order valence-electron chi connectivity index (χ3n) is 1.68. The summed E-state index contributed by atoms with van der Waals surface area (Å²) < 4.78 is 2.76. The van der Waals surface area contributed by atoms with Crippen LogP contribution in [0.25, 0.3) is 11.2 Å². The number of hydrogen-bond acceptors (Lipinski definition) is 2. The molecule has 0 bridgehead atoms. The number of halogens is 1. The summed E-state index contributed by atoms with van der Waals surface area (Å²) in [6.45, 7) is 0.505. The Balaban J connectivity index is 2.63. The molecule has 0 N–H and O–H groups in total. The fourth-order valence-electron chi connectivity index (χ4n) is 1.14. The highest BCUT2D eigenvalue weighted by Gasteiger charge is 2.02. The molecule has 0 fully saturated rings. The van der Waals surface area contributed by atoms with Crippen molar-refractivity contribution in [2.45, 2.75) is 6.54 Å². The zero-order chi connectivity index (χ0) is 9.26. The van der Waals surface area contributed by atoms with E-state index >= 15 is 0 Å². The summed E-state index contributed by atoms with van der Waals surface area (Å²) in [5, 5.41) is 0. The van der Waals surface area contributed by atoms with Gasteiger partial charge in [0.05, 0.1) is 12.9 Å². The molecule has 0 saturated heterocycles. The first-order valence-corrected chi connectivity index (χ1v) is 4.50. The van der Waals surface area contributed by atoms with Crippen LogP contribution in [-0.2, 0) is 6.54 Å². The normalized spacial score (nSPS) is 10.2. The average molecular weight is 236 g/mol. The van der Waals surface area contributed by atoms with Gasteiger partial charge in [-0.3, -0.25) is 0 Å². The lowest BCUT2D eigenvalue weighted by Gasteiger charge is -1.96. The molecule has 2 heterocycles. The summed E-state index contributed by atoms with van der Waals surface area (Å²) in [6.07, 6.45) is 8.64. The van der Waals surface area contributed by atoms with E-state index in [-0.39, 0.29) is 0 Å². The first kappa shape index (κ1) is 8.27. The van der Waals surface area contributed by atoms with Gasteiger partial charge in [0.25, 0.3) is 0 Å². The van der Waals surface area contributed by atoms with Crippen LogP contribution in [-0.4, -0.2) is 14.5 Å². The molecule has 2 aromatic heterocycles. The van der Waals surface area contributed by atoms with Gasteiger partial charge in [-0.15, -0.1) is 6.42 Å². The van der Waals surface area contributed by atoms with Gasteiger partial charge >= 0.3 is 0 Å². The third-order valence-corrected chi connectivity index (χ3v) is 2.12. The second-order valence-corrected chi connectivity index (χ2v) is 3.49. The van der Waals surface area contributed by atoms with Crippen LogP contribution in [0, 0.1) is 12.3 Å². The highest BCUT2D eigenvalue weighted by atomic mass is 79.9. The van der Waals surface area contributed by atoms with Crippen molar-refractivity contribution in [2.75, 3.05) is 0 Å². The van der Waals surface area contributed by atoms with E-state index in [1.807, 2.05) is 10.6 Å². The van der Waals surface area contributed by atoms with E-state index in [1.54, 1.807) is 12.5 Å². The monoisotopic (exact) mass is 235 g/mol. The van der Waals surface area contributed by atoms with Crippen LogP contribution in [0.1, 0.15) is 0 Å². The number of fused-ring (bicyclic) bond motifs is 1. The molecule has 0 aliphatic carbocycles. The van der Waals surface area contributed by atoms with Crippen molar-refractivity contribution in [1.29, 1.82) is 0 Å². The van der Waals surface area contributed by atoms with E-state index in [1.165, 1.54) is 0 Å². The zero-order valence-corrected chi connectivity index (χ0v) is 8.32. The molecule has 4 heteroatoms. The largest absolute Gasteiger partial charge is 0.303 e. The van der Waals surface area contributed by atoms with Gasteiger partial charge in [-0.2, -0.15) is 0 Å². The smallest absolute Gasteiger partial charge is 0.160 e. The molecule has 0 spiro atoms. The van der Waals surface area contributed by atoms with Crippen LogP contribution in [0.15, 0.2) is 23.1 Å². The molecule has 0 radical (unpaired) electrons. The molecule has 2 aromatic rings. The Morgan fingerprint density at radius 3 is 3.15 bits per heavy atom. The van der Waals surface area contributed by atoms with Crippen molar-refractivity contribution >= 4 is 27.1 Å². The van der Waals surface area contributed by atoms with Gasteiger partial charge in [-0.05, 0) is 22.0 Å². The second-order valence-electron chi connectivity index (χ2n) is 2.57. The van der Waals surface area contributed by atoms with E-state index in [4.69, 9.17) is 6.42 Å². The van der Waals surface area contributed by atoms with Gasteiger partial charge in [0.15, 0.2) is 5.65 Å². The Morgan fingerprint density at radius 1 is 1.54 bits per heavy atom. The van der Waals surface area contributed by atoms with E-state index in [9.17, 15) is 0 Å². The van der Waals surface area contributed by atoms with Crippen molar-refractivity contribution in [2.24, 2.45) is 0 Å². The minimum absolute atomic E-state index is 0.505. The predicted molar refractivity (Wildman–Crippen MR) is 54.1 cm³/mol. The summed E-state index contributed by atoms with van der Waals surface area (Å²) in [5.41, 5.74) is 1.67. The topological polar surface area (TPSA) is 30.7 Å². The van der Waals surface area contributed by atoms with Crippen LogP contribution in [0.4, 0.5) is 0 Å². The standard InChI is InChI=1S/C9H6BrN3/c1-2-3-13-6-12-8-4-7(10)5-11-9(8)13/h1,4-6H,3H2. The number of pyridine rings is 1.